The van der Waals surface area contributed by atoms with E-state index < -0.39 is 20.0 Å². The highest BCUT2D eigenvalue weighted by Crippen LogP contribution is 2.43. The van der Waals surface area contributed by atoms with Gasteiger partial charge < -0.3 is 19.4 Å². The highest BCUT2D eigenvalue weighted by atomic mass is 31.2. The van der Waals surface area contributed by atoms with Gasteiger partial charge in [-0.05, 0) is 57.4 Å². The summed E-state index contributed by atoms with van der Waals surface area (Å²) in [7, 11) is 1.52. The van der Waals surface area contributed by atoms with E-state index in [2.05, 4.69) is 44.3 Å². The van der Waals surface area contributed by atoms with E-state index >= 15 is 0 Å². The van der Waals surface area contributed by atoms with E-state index in [1.165, 1.54) is 283 Å². The summed E-state index contributed by atoms with van der Waals surface area (Å²) in [6.45, 7) is 7.08. The maximum absolute atomic E-state index is 13.6. The van der Waals surface area contributed by atoms with Gasteiger partial charge in [-0.25, -0.2) is 4.57 Å². The zero-order valence-electron chi connectivity index (χ0n) is 55.8. The lowest BCUT2D eigenvalue weighted by atomic mass is 10.0. The Morgan fingerprint density at radius 1 is 0.415 bits per heavy atom. The van der Waals surface area contributed by atoms with E-state index in [1.807, 2.05) is 27.2 Å². The number of hydrogen-bond acceptors (Lipinski definition) is 6. The van der Waals surface area contributed by atoms with Crippen LogP contribution in [0.5, 0.6) is 0 Å². The number of quaternary nitrogens is 1. The van der Waals surface area contributed by atoms with E-state index in [-0.39, 0.29) is 25.1 Å². The maximum Gasteiger partial charge on any atom is 0.472 e. The van der Waals surface area contributed by atoms with Crippen LogP contribution in [0.1, 0.15) is 374 Å². The Bertz CT molecular complexity index is 1450. The molecule has 10 heteroatoms. The molecule has 0 radical (unpaired) electrons. The number of rotatable bonds is 67. The molecule has 0 heterocycles. The number of hydrogen-bond donors (Lipinski definition) is 2. The number of nitrogens with one attached hydrogen (secondary N) is 1. The van der Waals surface area contributed by atoms with Crippen molar-refractivity contribution in [1.82, 2.24) is 5.32 Å². The van der Waals surface area contributed by atoms with Crippen molar-refractivity contribution in [2.45, 2.75) is 386 Å². The van der Waals surface area contributed by atoms with Crippen LogP contribution in [0.4, 0.5) is 0 Å². The van der Waals surface area contributed by atoms with Crippen molar-refractivity contribution >= 4 is 19.7 Å². The quantitative estimate of drug-likeness (QED) is 0.0205. The van der Waals surface area contributed by atoms with Crippen LogP contribution in [0.2, 0.25) is 0 Å². The highest BCUT2D eigenvalue weighted by molar-refractivity contribution is 7.47. The van der Waals surface area contributed by atoms with Crippen LogP contribution in [0, 0.1) is 0 Å². The third-order valence-corrected chi connectivity index (χ3v) is 17.6. The monoisotopic (exact) mass is 1180 g/mol. The minimum Gasteiger partial charge on any atom is -0.456 e. The number of carbonyl (C=O) groups is 2. The smallest absolute Gasteiger partial charge is 0.456 e. The fourth-order valence-electron chi connectivity index (χ4n) is 11.1. The van der Waals surface area contributed by atoms with Crippen LogP contribution < -0.4 is 5.32 Å². The molecule has 0 rings (SSSR count). The predicted octanol–water partition coefficient (Wildman–Crippen LogP) is 22.9. The van der Waals surface area contributed by atoms with Gasteiger partial charge in [-0.1, -0.05) is 328 Å². The minimum atomic E-state index is -4.45. The summed E-state index contributed by atoms with van der Waals surface area (Å²) in [4.78, 5) is 37.9. The number of ether oxygens (including phenoxy) is 1. The molecule has 486 valence electrons. The number of carbonyl (C=O) groups excluding carboxylic acids is 2. The number of phosphoric acid groups is 1. The molecule has 2 N–H and O–H groups in total. The molecule has 0 bridgehead atoms. The van der Waals surface area contributed by atoms with Gasteiger partial charge in [0, 0.05) is 12.8 Å². The van der Waals surface area contributed by atoms with Gasteiger partial charge in [-0.3, -0.25) is 18.6 Å². The van der Waals surface area contributed by atoms with Gasteiger partial charge in [0.25, 0.3) is 0 Å². The second kappa shape index (κ2) is 62.5. The number of allylic oxidation sites excluding steroid dienone is 3. The van der Waals surface area contributed by atoms with Gasteiger partial charge in [-0.2, -0.15) is 0 Å². The fraction of sp³-hybridized carbons (Fsp3) is 0.917. The van der Waals surface area contributed by atoms with Crippen molar-refractivity contribution in [2.75, 3.05) is 40.9 Å². The number of phosphoric ester groups is 1. The van der Waals surface area contributed by atoms with Crippen LogP contribution in [-0.2, 0) is 27.9 Å². The van der Waals surface area contributed by atoms with Crippen molar-refractivity contribution in [3.8, 4) is 0 Å². The molecule has 0 aliphatic carbocycles. The molecule has 3 atom stereocenters. The summed E-state index contributed by atoms with van der Waals surface area (Å²) in [5, 5.41) is 3.08. The third-order valence-electron chi connectivity index (χ3n) is 16.6. The number of esters is 1. The molecule has 0 saturated heterocycles. The first kappa shape index (κ1) is 80.5. The molecule has 0 aromatic rings. The maximum atomic E-state index is 13.6. The van der Waals surface area contributed by atoms with Gasteiger partial charge in [-0.15, -0.1) is 0 Å². The Morgan fingerprint density at radius 3 is 1.04 bits per heavy atom. The molecular formula is C72H142N2O7P+. The highest BCUT2D eigenvalue weighted by Gasteiger charge is 2.30. The van der Waals surface area contributed by atoms with Crippen LogP contribution >= 0.6 is 7.82 Å². The first-order valence-corrected chi connectivity index (χ1v) is 37.7. The lowest BCUT2D eigenvalue weighted by Gasteiger charge is -2.27. The molecule has 82 heavy (non-hydrogen) atoms. The van der Waals surface area contributed by atoms with Crippen molar-refractivity contribution in [3.05, 3.63) is 24.3 Å². The summed E-state index contributed by atoms with van der Waals surface area (Å²) in [5.74, 6) is -0.480. The summed E-state index contributed by atoms with van der Waals surface area (Å²) in [6, 6.07) is -0.842. The Morgan fingerprint density at radius 2 is 0.707 bits per heavy atom. The molecule has 0 aromatic heterocycles. The standard InChI is InChI=1S/C72H141N2O7P/c1-7-10-13-16-19-22-25-28-30-32-34-35-36-37-38-39-41-43-45-47-50-53-56-59-62-65-72(76)81-70(63-60-57-54-51-48-27-24-21-18-15-12-9-3)69(68-80-82(77,78)79-67-66-74(4,5)6)73-71(75)64-61-58-55-52-49-46-44-42-40-33-31-29-26-23-20-17-14-11-8-2/h28,30,60,63,69-70H,7-27,29,31-59,61-62,64-68H2,1-6H3,(H-,73,75,77,78)/p+1/b30-28+,63-60+. The van der Waals surface area contributed by atoms with E-state index in [0.29, 0.717) is 23.9 Å². The molecule has 3 unspecified atom stereocenters. The fourth-order valence-corrected chi connectivity index (χ4v) is 11.8. The Kier molecular flexibility index (Phi) is 61.4. The molecule has 0 saturated carbocycles. The predicted molar refractivity (Wildman–Crippen MR) is 356 cm³/mol. The SMILES string of the molecule is CCCCCCCC/C=C/CCCCCCCCCCCCCCCCCC(=O)OC(/C=C/CCCCCCCCCCCC)C(COP(=O)(O)OCC[N+](C)(C)C)NC(=O)CCCCCCCCCCCCCCCCCCCCC. The van der Waals surface area contributed by atoms with Gasteiger partial charge >= 0.3 is 13.8 Å². The first-order chi connectivity index (χ1) is 39.9. The Labute approximate surface area is 511 Å². The Hall–Kier alpha value is -1.51. The first-order valence-electron chi connectivity index (χ1n) is 36.2. The molecule has 0 spiro atoms. The van der Waals surface area contributed by atoms with Gasteiger partial charge in [0.15, 0.2) is 0 Å². The van der Waals surface area contributed by atoms with E-state index in [0.717, 1.165) is 57.8 Å². The Balaban J connectivity index is 5.00. The van der Waals surface area contributed by atoms with Crippen LogP contribution in [0.15, 0.2) is 24.3 Å². The average molecular weight is 1180 g/mol. The van der Waals surface area contributed by atoms with Gasteiger partial charge in [0.2, 0.25) is 5.91 Å². The van der Waals surface area contributed by atoms with Crippen molar-refractivity contribution in [2.24, 2.45) is 0 Å². The van der Waals surface area contributed by atoms with Crippen molar-refractivity contribution < 1.29 is 37.3 Å². The molecule has 0 aromatic carbocycles. The summed E-state index contributed by atoms with van der Waals surface area (Å²) < 4.78 is 30.8. The second-order valence-electron chi connectivity index (χ2n) is 26.1. The molecule has 0 aliphatic rings. The van der Waals surface area contributed by atoms with Gasteiger partial charge in [0.05, 0.1) is 33.8 Å². The molecule has 0 aliphatic heterocycles. The van der Waals surface area contributed by atoms with E-state index in [9.17, 15) is 19.0 Å². The summed E-state index contributed by atoms with van der Waals surface area (Å²) in [5.41, 5.74) is 0. The molecule has 9 nitrogen and oxygen atoms in total. The lowest BCUT2D eigenvalue weighted by Crippen LogP contribution is -2.47. The van der Waals surface area contributed by atoms with Gasteiger partial charge in [0.1, 0.15) is 19.3 Å². The van der Waals surface area contributed by atoms with Crippen LogP contribution in [0.25, 0.3) is 0 Å². The normalized spacial score (nSPS) is 13.6. The lowest BCUT2D eigenvalue weighted by molar-refractivity contribution is -0.870. The summed E-state index contributed by atoms with van der Waals surface area (Å²) >= 11 is 0. The number of amides is 1. The molecule has 0 fully saturated rings. The van der Waals surface area contributed by atoms with E-state index in [1.54, 1.807) is 0 Å². The largest absolute Gasteiger partial charge is 0.472 e. The molecule has 1 amide bonds. The number of nitrogens with zero attached hydrogens (tertiary/aromatic N) is 1. The topological polar surface area (TPSA) is 111 Å². The number of likely N-dealkylation sites (N-methyl/N-ethyl adjacent to an activating group) is 1. The zero-order valence-corrected chi connectivity index (χ0v) is 56.7. The van der Waals surface area contributed by atoms with Crippen molar-refractivity contribution in [1.29, 1.82) is 0 Å². The van der Waals surface area contributed by atoms with E-state index in [4.69, 9.17) is 13.8 Å². The van der Waals surface area contributed by atoms with Crippen molar-refractivity contribution in [3.63, 3.8) is 0 Å². The number of unbranched alkanes of at least 4 members (excludes halogenated alkanes) is 49. The third kappa shape index (κ3) is 63.0. The summed E-state index contributed by atoms with van der Waals surface area (Å²) in [6.07, 6.45) is 76.2. The second-order valence-corrected chi connectivity index (χ2v) is 27.6. The zero-order chi connectivity index (χ0) is 60.0. The average Bonchev–Trinajstić information content (AvgIpc) is 3.44. The minimum absolute atomic E-state index is 0.0448. The molecular weight excluding hydrogens is 1040 g/mol. The van der Waals surface area contributed by atoms with Crippen LogP contribution in [0.3, 0.4) is 0 Å². The van der Waals surface area contributed by atoms with Crippen LogP contribution in [-0.4, -0.2) is 74.3 Å².